The van der Waals surface area contributed by atoms with E-state index < -0.39 is 5.60 Å². The third-order valence-corrected chi connectivity index (χ3v) is 3.53. The van der Waals surface area contributed by atoms with Gasteiger partial charge in [0, 0.05) is 24.2 Å². The van der Waals surface area contributed by atoms with Gasteiger partial charge in [-0.3, -0.25) is 0 Å². The Morgan fingerprint density at radius 3 is 2.57 bits per heavy atom. The quantitative estimate of drug-likeness (QED) is 0.842. The highest BCUT2D eigenvalue weighted by molar-refractivity contribution is 5.68. The van der Waals surface area contributed by atoms with E-state index in [1.807, 2.05) is 39.0 Å². The van der Waals surface area contributed by atoms with Gasteiger partial charge in [0.15, 0.2) is 0 Å². The Kier molecular flexibility index (Phi) is 5.36. The summed E-state index contributed by atoms with van der Waals surface area (Å²) in [4.78, 5) is 11.7. The minimum absolute atomic E-state index is 0.112. The lowest BCUT2D eigenvalue weighted by molar-refractivity contribution is 0.0522. The summed E-state index contributed by atoms with van der Waals surface area (Å²) < 4.78 is 15.9. The smallest absolute Gasteiger partial charge is 0.407 e. The van der Waals surface area contributed by atoms with Crippen LogP contribution in [0.3, 0.4) is 0 Å². The van der Waals surface area contributed by atoms with Gasteiger partial charge in [-0.2, -0.15) is 0 Å². The first kappa shape index (κ1) is 17.4. The number of hydrogen-bond acceptors (Lipinski definition) is 5. The molecule has 0 heterocycles. The molecule has 1 aliphatic rings. The molecule has 2 rings (SSSR count). The molecule has 1 aromatic rings. The van der Waals surface area contributed by atoms with Crippen LogP contribution in [0.15, 0.2) is 18.2 Å². The van der Waals surface area contributed by atoms with E-state index in [-0.39, 0.29) is 18.2 Å². The van der Waals surface area contributed by atoms with Gasteiger partial charge >= 0.3 is 6.09 Å². The molecule has 0 saturated heterocycles. The van der Waals surface area contributed by atoms with Crippen molar-refractivity contribution in [2.45, 2.75) is 51.4 Å². The second-order valence-electron chi connectivity index (χ2n) is 6.65. The molecule has 2 unspecified atom stereocenters. The lowest BCUT2D eigenvalue weighted by atomic mass is 10.2. The molecule has 2 N–H and O–H groups in total. The topological polar surface area (TPSA) is 68.8 Å². The van der Waals surface area contributed by atoms with Crippen LogP contribution in [0.5, 0.6) is 11.5 Å². The summed E-state index contributed by atoms with van der Waals surface area (Å²) in [5, 5.41) is 6.28. The van der Waals surface area contributed by atoms with E-state index in [1.54, 1.807) is 14.2 Å². The van der Waals surface area contributed by atoms with Crippen molar-refractivity contribution in [2.75, 3.05) is 14.2 Å². The fourth-order valence-electron chi connectivity index (χ4n) is 2.30. The lowest BCUT2D eigenvalue weighted by Gasteiger charge is -2.19. The first-order valence-electron chi connectivity index (χ1n) is 7.76. The summed E-state index contributed by atoms with van der Waals surface area (Å²) in [7, 11) is 3.29. The molecule has 6 heteroatoms. The maximum Gasteiger partial charge on any atom is 0.407 e. The molecular formula is C17H26N2O4. The van der Waals surface area contributed by atoms with Crippen LogP contribution in [0.25, 0.3) is 0 Å². The van der Waals surface area contributed by atoms with Gasteiger partial charge in [0.1, 0.15) is 17.1 Å². The highest BCUT2D eigenvalue weighted by Crippen LogP contribution is 2.26. The van der Waals surface area contributed by atoms with Crippen LogP contribution in [0.2, 0.25) is 0 Å². The Labute approximate surface area is 137 Å². The predicted molar refractivity (Wildman–Crippen MR) is 87.9 cm³/mol. The van der Waals surface area contributed by atoms with Gasteiger partial charge in [-0.15, -0.1) is 0 Å². The van der Waals surface area contributed by atoms with Crippen LogP contribution in [-0.2, 0) is 11.3 Å². The zero-order valence-electron chi connectivity index (χ0n) is 14.4. The molecule has 0 radical (unpaired) electrons. The molecule has 1 aliphatic carbocycles. The standard InChI is InChI=1S/C17H26N2O4/c1-17(2,3)23-16(20)19-14-9-13(14)18-10-11-8-12(21-4)6-7-15(11)22-5/h6-8,13-14,18H,9-10H2,1-5H3,(H,19,20). The average Bonchev–Trinajstić information content (AvgIpc) is 3.20. The normalized spacial score (nSPS) is 19.9. The number of alkyl carbamates (subject to hydrolysis) is 1. The minimum atomic E-state index is -0.476. The Morgan fingerprint density at radius 2 is 1.96 bits per heavy atom. The summed E-state index contributed by atoms with van der Waals surface area (Å²) in [6.45, 7) is 6.20. The zero-order chi connectivity index (χ0) is 17.0. The van der Waals surface area contributed by atoms with E-state index in [1.165, 1.54) is 0 Å². The van der Waals surface area contributed by atoms with Gasteiger partial charge < -0.3 is 24.8 Å². The van der Waals surface area contributed by atoms with Crippen molar-refractivity contribution in [3.63, 3.8) is 0 Å². The van der Waals surface area contributed by atoms with E-state index >= 15 is 0 Å². The van der Waals surface area contributed by atoms with Crippen molar-refractivity contribution in [3.05, 3.63) is 23.8 Å². The van der Waals surface area contributed by atoms with Gasteiger partial charge in [-0.25, -0.2) is 4.79 Å². The van der Waals surface area contributed by atoms with E-state index in [0.29, 0.717) is 6.54 Å². The van der Waals surface area contributed by atoms with Gasteiger partial charge in [-0.05, 0) is 45.4 Å². The highest BCUT2D eigenvalue weighted by atomic mass is 16.6. The van der Waals surface area contributed by atoms with E-state index in [4.69, 9.17) is 14.2 Å². The lowest BCUT2D eigenvalue weighted by Crippen LogP contribution is -2.36. The number of amides is 1. The third kappa shape index (κ3) is 5.32. The maximum atomic E-state index is 11.7. The number of carbonyl (C=O) groups is 1. The van der Waals surface area contributed by atoms with Crippen LogP contribution >= 0.6 is 0 Å². The molecule has 0 aromatic heterocycles. The summed E-state index contributed by atoms with van der Waals surface area (Å²) in [6, 6.07) is 6.07. The van der Waals surface area contributed by atoms with Gasteiger partial charge in [0.25, 0.3) is 0 Å². The first-order valence-corrected chi connectivity index (χ1v) is 7.76. The van der Waals surface area contributed by atoms with E-state index in [9.17, 15) is 4.79 Å². The Hall–Kier alpha value is -1.95. The van der Waals surface area contributed by atoms with Crippen molar-refractivity contribution in [1.29, 1.82) is 0 Å². The molecule has 1 aromatic carbocycles. The largest absolute Gasteiger partial charge is 0.497 e. The number of carbonyl (C=O) groups excluding carboxylic acids is 1. The van der Waals surface area contributed by atoms with Gasteiger partial charge in [0.05, 0.1) is 14.2 Å². The molecular weight excluding hydrogens is 296 g/mol. The van der Waals surface area contributed by atoms with E-state index in [0.717, 1.165) is 23.5 Å². The number of benzene rings is 1. The van der Waals surface area contributed by atoms with Crippen molar-refractivity contribution >= 4 is 6.09 Å². The van der Waals surface area contributed by atoms with Crippen molar-refractivity contribution < 1.29 is 19.0 Å². The molecule has 128 valence electrons. The molecule has 0 bridgehead atoms. The summed E-state index contributed by atoms with van der Waals surface area (Å²) >= 11 is 0. The molecule has 0 spiro atoms. The van der Waals surface area contributed by atoms with Gasteiger partial charge in [-0.1, -0.05) is 0 Å². The monoisotopic (exact) mass is 322 g/mol. The number of methoxy groups -OCH3 is 2. The number of rotatable bonds is 6. The molecule has 1 amide bonds. The fraction of sp³-hybridized carbons (Fsp3) is 0.588. The predicted octanol–water partition coefficient (Wildman–Crippen LogP) is 2.46. The summed E-state index contributed by atoms with van der Waals surface area (Å²) in [5.41, 5.74) is 0.547. The number of nitrogens with one attached hydrogen (secondary N) is 2. The SMILES string of the molecule is COc1ccc(OC)c(CNC2CC2NC(=O)OC(C)(C)C)c1. The minimum Gasteiger partial charge on any atom is -0.497 e. The zero-order valence-corrected chi connectivity index (χ0v) is 14.4. The van der Waals surface area contributed by atoms with Crippen molar-refractivity contribution in [2.24, 2.45) is 0 Å². The average molecular weight is 322 g/mol. The Bertz CT molecular complexity index is 554. The second kappa shape index (κ2) is 7.08. The van der Waals surface area contributed by atoms with Crippen LogP contribution in [-0.4, -0.2) is 38.0 Å². The molecule has 2 atom stereocenters. The Balaban J connectivity index is 1.81. The summed E-state index contributed by atoms with van der Waals surface area (Å²) in [5.74, 6) is 1.61. The van der Waals surface area contributed by atoms with Crippen molar-refractivity contribution in [1.82, 2.24) is 10.6 Å². The first-order chi connectivity index (χ1) is 10.8. The van der Waals surface area contributed by atoms with Crippen LogP contribution < -0.4 is 20.1 Å². The highest BCUT2D eigenvalue weighted by Gasteiger charge is 2.39. The summed E-state index contributed by atoms with van der Waals surface area (Å²) in [6.07, 6.45) is 0.525. The number of hydrogen-bond donors (Lipinski definition) is 2. The second-order valence-corrected chi connectivity index (χ2v) is 6.65. The Morgan fingerprint density at radius 1 is 1.22 bits per heavy atom. The van der Waals surface area contributed by atoms with Crippen LogP contribution in [0.4, 0.5) is 4.79 Å². The fourth-order valence-corrected chi connectivity index (χ4v) is 2.30. The van der Waals surface area contributed by atoms with Crippen LogP contribution in [0, 0.1) is 0 Å². The number of ether oxygens (including phenoxy) is 3. The van der Waals surface area contributed by atoms with Crippen LogP contribution in [0.1, 0.15) is 32.8 Å². The molecule has 1 fully saturated rings. The maximum absolute atomic E-state index is 11.7. The van der Waals surface area contributed by atoms with Gasteiger partial charge in [0.2, 0.25) is 0 Å². The third-order valence-electron chi connectivity index (χ3n) is 3.53. The molecule has 0 aliphatic heterocycles. The van der Waals surface area contributed by atoms with E-state index in [2.05, 4.69) is 10.6 Å². The molecule has 6 nitrogen and oxygen atoms in total. The molecule has 23 heavy (non-hydrogen) atoms. The molecule has 1 saturated carbocycles. The van der Waals surface area contributed by atoms with Crippen molar-refractivity contribution in [3.8, 4) is 11.5 Å².